The van der Waals surface area contributed by atoms with E-state index in [2.05, 4.69) is 0 Å². The quantitative estimate of drug-likeness (QED) is 0.530. The molecule has 0 unspecified atom stereocenters. The Morgan fingerprint density at radius 3 is 1.96 bits per heavy atom. The lowest BCUT2D eigenvalue weighted by Crippen LogP contribution is -2.14. The Hall–Kier alpha value is -2.51. The van der Waals surface area contributed by atoms with Crippen LogP contribution in [0.25, 0.3) is 0 Å². The average Bonchev–Trinajstić information content (AvgIpc) is 2.47. The number of benzene rings is 2. The van der Waals surface area contributed by atoms with Gasteiger partial charge < -0.3 is 4.74 Å². The van der Waals surface area contributed by atoms with E-state index in [0.29, 0.717) is 6.07 Å². The minimum absolute atomic E-state index is 0.0103. The van der Waals surface area contributed by atoms with Crippen molar-refractivity contribution < 1.29 is 35.9 Å². The van der Waals surface area contributed by atoms with Crippen LogP contribution in [0.15, 0.2) is 36.4 Å². The molecule has 2 aromatic carbocycles. The number of ether oxygens (including phenoxy) is 1. The SMILES string of the molecule is Cc1ccc(Oc2cc(C(F)(F)F)cc(C(F)(F)F)c2C=O)cc1. The summed E-state index contributed by atoms with van der Waals surface area (Å²) in [5.41, 5.74) is -3.42. The third kappa shape index (κ3) is 3.87. The first-order valence-corrected chi connectivity index (χ1v) is 6.54. The van der Waals surface area contributed by atoms with Gasteiger partial charge in [-0.2, -0.15) is 26.3 Å². The molecule has 0 saturated heterocycles. The highest BCUT2D eigenvalue weighted by Gasteiger charge is 2.40. The van der Waals surface area contributed by atoms with Crippen molar-refractivity contribution in [3.63, 3.8) is 0 Å². The molecule has 0 amide bonds. The van der Waals surface area contributed by atoms with Gasteiger partial charge in [-0.1, -0.05) is 17.7 Å². The van der Waals surface area contributed by atoms with Gasteiger partial charge in [-0.05, 0) is 31.2 Å². The van der Waals surface area contributed by atoms with Crippen molar-refractivity contribution in [1.82, 2.24) is 0 Å². The number of hydrogen-bond donors (Lipinski definition) is 0. The molecule has 128 valence electrons. The van der Waals surface area contributed by atoms with Crippen molar-refractivity contribution >= 4 is 6.29 Å². The molecule has 0 N–H and O–H groups in total. The van der Waals surface area contributed by atoms with Crippen LogP contribution in [0.3, 0.4) is 0 Å². The zero-order valence-corrected chi connectivity index (χ0v) is 12.1. The maximum atomic E-state index is 13.0. The number of alkyl halides is 6. The fraction of sp³-hybridized carbons (Fsp3) is 0.188. The van der Waals surface area contributed by atoms with Gasteiger partial charge in [0.05, 0.1) is 16.7 Å². The van der Waals surface area contributed by atoms with Gasteiger partial charge in [0, 0.05) is 0 Å². The molecule has 8 heteroatoms. The molecule has 0 aliphatic rings. The number of halogens is 6. The summed E-state index contributed by atoms with van der Waals surface area (Å²) in [6, 6.07) is 6.14. The molecule has 0 atom stereocenters. The topological polar surface area (TPSA) is 26.3 Å². The molecule has 2 nitrogen and oxygen atoms in total. The van der Waals surface area contributed by atoms with Crippen molar-refractivity contribution in [3.05, 3.63) is 58.7 Å². The van der Waals surface area contributed by atoms with Crippen molar-refractivity contribution in [1.29, 1.82) is 0 Å². The minimum Gasteiger partial charge on any atom is -0.457 e. The normalized spacial score (nSPS) is 12.1. The van der Waals surface area contributed by atoms with Crippen LogP contribution in [0.1, 0.15) is 27.0 Å². The van der Waals surface area contributed by atoms with Crippen LogP contribution in [0, 0.1) is 6.92 Å². The van der Waals surface area contributed by atoms with Gasteiger partial charge in [0.15, 0.2) is 6.29 Å². The van der Waals surface area contributed by atoms with E-state index in [1.165, 1.54) is 12.1 Å². The summed E-state index contributed by atoms with van der Waals surface area (Å²) in [5.74, 6) is -0.799. The predicted molar refractivity (Wildman–Crippen MR) is 73.1 cm³/mol. The fourth-order valence-electron chi connectivity index (χ4n) is 1.96. The van der Waals surface area contributed by atoms with Crippen LogP contribution in [-0.4, -0.2) is 6.29 Å². The number of rotatable bonds is 3. The fourth-order valence-corrected chi connectivity index (χ4v) is 1.96. The molecule has 0 fully saturated rings. The molecule has 2 aromatic rings. The Balaban J connectivity index is 2.63. The zero-order valence-electron chi connectivity index (χ0n) is 12.1. The highest BCUT2D eigenvalue weighted by atomic mass is 19.4. The minimum atomic E-state index is -5.14. The Kier molecular flexibility index (Phi) is 4.59. The first kappa shape index (κ1) is 17.8. The monoisotopic (exact) mass is 348 g/mol. The lowest BCUT2D eigenvalue weighted by atomic mass is 10.0. The molecular weight excluding hydrogens is 338 g/mol. The predicted octanol–water partition coefficient (Wildman–Crippen LogP) is 5.64. The molecule has 2 rings (SSSR count). The van der Waals surface area contributed by atoms with Gasteiger partial charge >= 0.3 is 12.4 Å². The van der Waals surface area contributed by atoms with Crippen LogP contribution < -0.4 is 4.74 Å². The average molecular weight is 348 g/mol. The van der Waals surface area contributed by atoms with Gasteiger partial charge in [0.2, 0.25) is 0 Å². The van der Waals surface area contributed by atoms with E-state index in [4.69, 9.17) is 4.74 Å². The Bertz CT molecular complexity index is 745. The Morgan fingerprint density at radius 2 is 1.50 bits per heavy atom. The Morgan fingerprint density at radius 1 is 0.917 bits per heavy atom. The molecule has 0 aromatic heterocycles. The number of aryl methyl sites for hydroxylation is 1. The van der Waals surface area contributed by atoms with E-state index in [1.807, 2.05) is 0 Å². The molecule has 0 bridgehead atoms. The van der Waals surface area contributed by atoms with E-state index in [9.17, 15) is 31.1 Å². The van der Waals surface area contributed by atoms with Crippen LogP contribution in [0.4, 0.5) is 26.3 Å². The van der Waals surface area contributed by atoms with Crippen LogP contribution in [0.2, 0.25) is 0 Å². The van der Waals surface area contributed by atoms with E-state index in [1.54, 1.807) is 19.1 Å². The lowest BCUT2D eigenvalue weighted by Gasteiger charge is -2.17. The van der Waals surface area contributed by atoms with Gasteiger partial charge in [0.1, 0.15) is 11.5 Å². The summed E-state index contributed by atoms with van der Waals surface area (Å²) in [6.07, 6.45) is -10.3. The van der Waals surface area contributed by atoms with Gasteiger partial charge in [-0.15, -0.1) is 0 Å². The molecule has 0 spiro atoms. The second kappa shape index (κ2) is 6.18. The second-order valence-electron chi connectivity index (χ2n) is 4.96. The van der Waals surface area contributed by atoms with E-state index in [0.717, 1.165) is 5.56 Å². The molecule has 0 heterocycles. The molecule has 0 aliphatic carbocycles. The first-order valence-electron chi connectivity index (χ1n) is 6.54. The van der Waals surface area contributed by atoms with Gasteiger partial charge in [-0.3, -0.25) is 4.79 Å². The van der Waals surface area contributed by atoms with Crippen molar-refractivity contribution in [2.24, 2.45) is 0 Å². The maximum Gasteiger partial charge on any atom is 0.417 e. The molecular formula is C16H10F6O2. The zero-order chi connectivity index (χ0) is 18.1. The highest BCUT2D eigenvalue weighted by Crippen LogP contribution is 2.41. The maximum absolute atomic E-state index is 13.0. The largest absolute Gasteiger partial charge is 0.457 e. The standard InChI is InChI=1S/C16H10F6O2/c1-9-2-4-11(5-3-9)24-14-7-10(15(17,18)19)6-13(12(14)8-23)16(20,21)22/h2-8H,1H3. The van der Waals surface area contributed by atoms with Crippen LogP contribution >= 0.6 is 0 Å². The molecule has 0 saturated carbocycles. The highest BCUT2D eigenvalue weighted by molar-refractivity contribution is 5.82. The third-order valence-electron chi connectivity index (χ3n) is 3.14. The Labute approximate surface area is 132 Å². The number of carbonyl (C=O) groups excluding carboxylic acids is 1. The molecule has 24 heavy (non-hydrogen) atoms. The smallest absolute Gasteiger partial charge is 0.417 e. The summed E-state index contributed by atoms with van der Waals surface area (Å²) in [7, 11) is 0. The van der Waals surface area contributed by atoms with Crippen LogP contribution in [0.5, 0.6) is 11.5 Å². The summed E-state index contributed by atoms with van der Waals surface area (Å²) in [5, 5.41) is 0. The van der Waals surface area contributed by atoms with Crippen molar-refractivity contribution in [2.75, 3.05) is 0 Å². The van der Waals surface area contributed by atoms with E-state index < -0.39 is 34.8 Å². The summed E-state index contributed by atoms with van der Waals surface area (Å²) in [6.45, 7) is 1.74. The van der Waals surface area contributed by atoms with Gasteiger partial charge in [0.25, 0.3) is 0 Å². The molecule has 0 aliphatic heterocycles. The lowest BCUT2D eigenvalue weighted by molar-refractivity contribution is -0.143. The third-order valence-corrected chi connectivity index (χ3v) is 3.14. The number of hydrogen-bond acceptors (Lipinski definition) is 2. The van der Waals surface area contributed by atoms with E-state index >= 15 is 0 Å². The number of carbonyl (C=O) groups is 1. The first-order chi connectivity index (χ1) is 11.0. The van der Waals surface area contributed by atoms with E-state index in [-0.39, 0.29) is 18.1 Å². The summed E-state index contributed by atoms with van der Waals surface area (Å²) < 4.78 is 82.6. The summed E-state index contributed by atoms with van der Waals surface area (Å²) >= 11 is 0. The second-order valence-corrected chi connectivity index (χ2v) is 4.96. The summed E-state index contributed by atoms with van der Waals surface area (Å²) in [4.78, 5) is 11.0. The number of aldehydes is 1. The van der Waals surface area contributed by atoms with Crippen molar-refractivity contribution in [3.8, 4) is 11.5 Å². The van der Waals surface area contributed by atoms with Gasteiger partial charge in [-0.25, -0.2) is 0 Å². The van der Waals surface area contributed by atoms with Crippen LogP contribution in [-0.2, 0) is 12.4 Å². The van der Waals surface area contributed by atoms with Crippen molar-refractivity contribution in [2.45, 2.75) is 19.3 Å². The molecule has 0 radical (unpaired) electrons.